The van der Waals surface area contributed by atoms with Crippen LogP contribution in [0.2, 0.25) is 10.0 Å². The van der Waals surface area contributed by atoms with Crippen molar-refractivity contribution in [2.75, 3.05) is 7.05 Å². The first kappa shape index (κ1) is 13.8. The number of hydrogen-bond acceptors (Lipinski definition) is 2. The zero-order valence-electron chi connectivity index (χ0n) is 9.91. The maximum atomic E-state index is 8.53. The second kappa shape index (κ2) is 5.90. The molecule has 1 aromatic carbocycles. The molecule has 90 valence electrons. The maximum absolute atomic E-state index is 8.53. The Labute approximate surface area is 111 Å². The molecule has 17 heavy (non-hydrogen) atoms. The lowest BCUT2D eigenvalue weighted by Crippen LogP contribution is -2.27. The topological polar surface area (TPSA) is 39.4 Å². The van der Waals surface area contributed by atoms with E-state index in [4.69, 9.17) is 28.5 Å². The van der Waals surface area contributed by atoms with Crippen LogP contribution in [0.1, 0.15) is 25.5 Å². The van der Waals surface area contributed by atoms with Crippen LogP contribution in [0, 0.1) is 11.5 Å². The van der Waals surface area contributed by atoms with E-state index in [9.17, 15) is 0 Å². The highest BCUT2D eigenvalue weighted by Crippen LogP contribution is 2.29. The van der Waals surface area contributed by atoms with Gasteiger partial charge in [0.15, 0.2) is 0 Å². The Morgan fingerprint density at radius 3 is 2.71 bits per heavy atom. The van der Waals surface area contributed by atoms with Gasteiger partial charge in [-0.15, -0.1) is 0 Å². The lowest BCUT2D eigenvalue weighted by Gasteiger charge is -2.27. The van der Waals surface area contributed by atoms with E-state index in [1.165, 1.54) is 0 Å². The minimum Gasteiger partial charge on any atom is -0.356 e. The Balaban J connectivity index is 3.04. The highest BCUT2D eigenvalue weighted by Gasteiger charge is 2.16. The van der Waals surface area contributed by atoms with Crippen molar-refractivity contribution < 1.29 is 0 Å². The molecule has 0 aliphatic carbocycles. The monoisotopic (exact) mass is 269 g/mol. The number of aliphatic imine (C=N–C) groups is 1. The summed E-state index contributed by atoms with van der Waals surface area (Å²) in [5, 5.41) is 9.82. The van der Waals surface area contributed by atoms with E-state index in [-0.39, 0.29) is 6.04 Å². The van der Waals surface area contributed by atoms with Gasteiger partial charge in [-0.2, -0.15) is 10.3 Å². The van der Waals surface area contributed by atoms with Crippen LogP contribution in [0.3, 0.4) is 0 Å². The molecule has 0 radical (unpaired) electrons. The quantitative estimate of drug-likeness (QED) is 0.464. The summed E-state index contributed by atoms with van der Waals surface area (Å²) in [5.74, 6) is 0.635. The third-order valence-electron chi connectivity index (χ3n) is 2.71. The Morgan fingerprint density at radius 2 is 2.12 bits per heavy atom. The molecule has 0 fully saturated rings. The number of rotatable bonds is 2. The van der Waals surface area contributed by atoms with Crippen molar-refractivity contribution in [2.45, 2.75) is 19.9 Å². The van der Waals surface area contributed by atoms with Gasteiger partial charge in [-0.1, -0.05) is 23.2 Å². The molecule has 1 rings (SSSR count). The molecule has 0 saturated heterocycles. The fourth-order valence-corrected chi connectivity index (χ4v) is 1.93. The zero-order valence-corrected chi connectivity index (χ0v) is 11.4. The predicted molar refractivity (Wildman–Crippen MR) is 71.4 cm³/mol. The van der Waals surface area contributed by atoms with E-state index in [1.807, 2.05) is 24.9 Å². The average molecular weight is 270 g/mol. The fraction of sp³-hybridized carbons (Fsp3) is 0.333. The van der Waals surface area contributed by atoms with Crippen molar-refractivity contribution in [2.24, 2.45) is 4.99 Å². The fourth-order valence-electron chi connectivity index (χ4n) is 1.47. The van der Waals surface area contributed by atoms with Gasteiger partial charge in [-0.3, -0.25) is 0 Å². The van der Waals surface area contributed by atoms with Crippen molar-refractivity contribution in [1.29, 1.82) is 5.26 Å². The number of amidine groups is 1. The van der Waals surface area contributed by atoms with Crippen molar-refractivity contribution in [3.05, 3.63) is 33.8 Å². The van der Waals surface area contributed by atoms with Gasteiger partial charge >= 0.3 is 0 Å². The normalized spacial score (nSPS) is 13.1. The predicted octanol–water partition coefficient (Wildman–Crippen LogP) is 3.89. The molecule has 0 aliphatic rings. The van der Waals surface area contributed by atoms with Crippen molar-refractivity contribution in [3.8, 4) is 6.19 Å². The first-order valence-electron chi connectivity index (χ1n) is 5.08. The number of halogens is 2. The molecule has 0 aromatic heterocycles. The van der Waals surface area contributed by atoms with Crippen LogP contribution in [0.4, 0.5) is 0 Å². The van der Waals surface area contributed by atoms with Crippen LogP contribution in [0.25, 0.3) is 0 Å². The Morgan fingerprint density at radius 1 is 1.47 bits per heavy atom. The van der Waals surface area contributed by atoms with E-state index in [0.717, 1.165) is 5.56 Å². The van der Waals surface area contributed by atoms with Crippen LogP contribution in [0.15, 0.2) is 23.2 Å². The van der Waals surface area contributed by atoms with Crippen LogP contribution in [-0.2, 0) is 0 Å². The molecule has 0 aliphatic heterocycles. The number of nitriles is 1. The van der Waals surface area contributed by atoms with Gasteiger partial charge < -0.3 is 4.90 Å². The molecule has 0 N–H and O–H groups in total. The van der Waals surface area contributed by atoms with Crippen molar-refractivity contribution in [1.82, 2.24) is 4.90 Å². The molecule has 1 aromatic rings. The van der Waals surface area contributed by atoms with Crippen LogP contribution in [0.5, 0.6) is 0 Å². The minimum absolute atomic E-state index is 0.00157. The second-order valence-electron chi connectivity index (χ2n) is 3.71. The Hall–Kier alpha value is -1.24. The van der Waals surface area contributed by atoms with Gasteiger partial charge in [-0.05, 0) is 37.6 Å². The molecular formula is C12H13Cl2N3. The van der Waals surface area contributed by atoms with Gasteiger partial charge in [0.25, 0.3) is 0 Å². The lowest BCUT2D eigenvalue weighted by molar-refractivity contribution is 0.400. The van der Waals surface area contributed by atoms with Gasteiger partial charge in [0.05, 0.1) is 6.04 Å². The molecular weight excluding hydrogens is 257 g/mol. The molecule has 0 heterocycles. The van der Waals surface area contributed by atoms with Crippen molar-refractivity contribution >= 4 is 29.0 Å². The molecule has 0 amide bonds. The summed E-state index contributed by atoms with van der Waals surface area (Å²) in [5.41, 5.74) is 0.911. The molecule has 1 atom stereocenters. The standard InChI is InChI=1S/C12H13Cl2N3/c1-8(17(3)9(2)16-7-15)11-6-10(13)4-5-12(11)14/h4-6,8H,1-3H3/b16-9+. The molecule has 0 bridgehead atoms. The first-order chi connectivity index (χ1) is 7.97. The summed E-state index contributed by atoms with van der Waals surface area (Å²) in [6.07, 6.45) is 1.77. The highest BCUT2D eigenvalue weighted by molar-refractivity contribution is 6.33. The average Bonchev–Trinajstić information content (AvgIpc) is 2.30. The number of hydrogen-bond donors (Lipinski definition) is 0. The van der Waals surface area contributed by atoms with E-state index in [2.05, 4.69) is 4.99 Å². The molecule has 0 saturated carbocycles. The maximum Gasteiger partial charge on any atom is 0.207 e. The number of nitrogens with zero attached hydrogens (tertiary/aromatic N) is 3. The van der Waals surface area contributed by atoms with E-state index in [0.29, 0.717) is 15.9 Å². The smallest absolute Gasteiger partial charge is 0.207 e. The summed E-state index contributed by atoms with van der Waals surface area (Å²) in [6.45, 7) is 3.76. The van der Waals surface area contributed by atoms with Crippen molar-refractivity contribution in [3.63, 3.8) is 0 Å². The van der Waals surface area contributed by atoms with Gasteiger partial charge in [0.2, 0.25) is 6.19 Å². The first-order valence-corrected chi connectivity index (χ1v) is 5.84. The Bertz CT molecular complexity index is 477. The summed E-state index contributed by atoms with van der Waals surface area (Å²) in [4.78, 5) is 5.57. The van der Waals surface area contributed by atoms with E-state index in [1.54, 1.807) is 25.2 Å². The summed E-state index contributed by atoms with van der Waals surface area (Å²) >= 11 is 12.1. The van der Waals surface area contributed by atoms with Gasteiger partial charge in [0, 0.05) is 17.1 Å². The number of benzene rings is 1. The molecule has 0 spiro atoms. The SMILES string of the molecule is C/C(=N\C#N)N(C)C(C)c1cc(Cl)ccc1Cl. The zero-order chi connectivity index (χ0) is 13.0. The third kappa shape index (κ3) is 3.36. The minimum atomic E-state index is -0.00157. The van der Waals surface area contributed by atoms with Crippen LogP contribution in [-0.4, -0.2) is 17.8 Å². The largest absolute Gasteiger partial charge is 0.356 e. The summed E-state index contributed by atoms with van der Waals surface area (Å²) in [6, 6.07) is 5.33. The van der Waals surface area contributed by atoms with E-state index < -0.39 is 0 Å². The highest BCUT2D eigenvalue weighted by atomic mass is 35.5. The molecule has 3 nitrogen and oxygen atoms in total. The van der Waals surface area contributed by atoms with Gasteiger partial charge in [0.1, 0.15) is 5.84 Å². The lowest BCUT2D eigenvalue weighted by atomic mass is 10.1. The summed E-state index contributed by atoms with van der Waals surface area (Å²) in [7, 11) is 1.86. The van der Waals surface area contributed by atoms with Crippen LogP contribution < -0.4 is 0 Å². The second-order valence-corrected chi connectivity index (χ2v) is 4.56. The Kier molecular flexibility index (Phi) is 4.80. The summed E-state index contributed by atoms with van der Waals surface area (Å²) < 4.78 is 0. The van der Waals surface area contributed by atoms with E-state index >= 15 is 0 Å². The molecule has 1 unspecified atom stereocenters. The molecule has 5 heteroatoms. The van der Waals surface area contributed by atoms with Gasteiger partial charge in [-0.25, -0.2) is 0 Å². The van der Waals surface area contributed by atoms with Crippen LogP contribution >= 0.6 is 23.2 Å². The third-order valence-corrected chi connectivity index (χ3v) is 3.29.